The summed E-state index contributed by atoms with van der Waals surface area (Å²) >= 11 is 0. The van der Waals surface area contributed by atoms with Crippen molar-refractivity contribution in [1.82, 2.24) is 4.90 Å². The van der Waals surface area contributed by atoms with Crippen LogP contribution in [0.2, 0.25) is 0 Å². The van der Waals surface area contributed by atoms with E-state index in [9.17, 15) is 14.7 Å². The summed E-state index contributed by atoms with van der Waals surface area (Å²) in [6.07, 6.45) is 10.3. The van der Waals surface area contributed by atoms with Crippen molar-refractivity contribution in [2.75, 3.05) is 6.54 Å². The minimum Gasteiger partial charge on any atom is -0.480 e. The number of piperidine rings is 1. The average Bonchev–Trinajstić information content (AvgIpc) is 2.67. The SMILES string of the molecule is O=C(O)[C@@H]1CCCCN1C(=O)CC1CCCCCC1. The standard InChI is InChI=1S/C15H25NO3/c17-14(11-12-7-3-1-2-4-8-12)16-10-6-5-9-13(16)15(18)19/h12-13H,1-11H2,(H,18,19)/t13-/m0/s1. The minimum atomic E-state index is -0.839. The molecule has 0 aromatic heterocycles. The second kappa shape index (κ2) is 6.92. The topological polar surface area (TPSA) is 57.6 Å². The van der Waals surface area contributed by atoms with Gasteiger partial charge < -0.3 is 10.0 Å². The highest BCUT2D eigenvalue weighted by Gasteiger charge is 2.32. The molecule has 0 bridgehead atoms. The summed E-state index contributed by atoms with van der Waals surface area (Å²) in [5, 5.41) is 9.21. The second-order valence-electron chi connectivity index (χ2n) is 6.00. The van der Waals surface area contributed by atoms with E-state index < -0.39 is 12.0 Å². The zero-order valence-electron chi connectivity index (χ0n) is 11.6. The Morgan fingerprint density at radius 3 is 2.21 bits per heavy atom. The Hall–Kier alpha value is -1.06. The van der Waals surface area contributed by atoms with Gasteiger partial charge in [0.1, 0.15) is 6.04 Å². The first-order valence-corrected chi connectivity index (χ1v) is 7.71. The van der Waals surface area contributed by atoms with Crippen molar-refractivity contribution in [3.8, 4) is 0 Å². The molecular formula is C15H25NO3. The zero-order chi connectivity index (χ0) is 13.7. The van der Waals surface area contributed by atoms with Gasteiger partial charge in [0.25, 0.3) is 0 Å². The van der Waals surface area contributed by atoms with Crippen LogP contribution in [0.15, 0.2) is 0 Å². The summed E-state index contributed by atoms with van der Waals surface area (Å²) in [6.45, 7) is 0.628. The van der Waals surface area contributed by atoms with E-state index in [1.807, 2.05) is 0 Å². The summed E-state index contributed by atoms with van der Waals surface area (Å²) in [6, 6.07) is -0.577. The zero-order valence-corrected chi connectivity index (χ0v) is 11.6. The Labute approximate surface area is 115 Å². The number of nitrogens with zero attached hydrogens (tertiary/aromatic N) is 1. The van der Waals surface area contributed by atoms with E-state index >= 15 is 0 Å². The molecule has 1 atom stereocenters. The van der Waals surface area contributed by atoms with Crippen LogP contribution >= 0.6 is 0 Å². The molecule has 1 aliphatic heterocycles. The molecule has 0 aromatic rings. The maximum absolute atomic E-state index is 12.4. The van der Waals surface area contributed by atoms with E-state index in [-0.39, 0.29) is 5.91 Å². The predicted molar refractivity (Wildman–Crippen MR) is 72.8 cm³/mol. The van der Waals surface area contributed by atoms with Crippen LogP contribution in [-0.4, -0.2) is 34.5 Å². The molecule has 1 N–H and O–H groups in total. The molecule has 1 heterocycles. The molecule has 2 fully saturated rings. The number of aliphatic carboxylic acids is 1. The highest BCUT2D eigenvalue weighted by molar-refractivity contribution is 5.84. The number of carbonyl (C=O) groups is 2. The van der Waals surface area contributed by atoms with Gasteiger partial charge in [0.15, 0.2) is 0 Å². The number of carboxylic acids is 1. The summed E-state index contributed by atoms with van der Waals surface area (Å²) in [5.74, 6) is -0.292. The van der Waals surface area contributed by atoms with Crippen molar-refractivity contribution in [2.45, 2.75) is 70.3 Å². The molecule has 1 saturated carbocycles. The van der Waals surface area contributed by atoms with Crippen LogP contribution in [-0.2, 0) is 9.59 Å². The largest absolute Gasteiger partial charge is 0.480 e. The van der Waals surface area contributed by atoms with Gasteiger partial charge in [0, 0.05) is 13.0 Å². The summed E-state index contributed by atoms with van der Waals surface area (Å²) < 4.78 is 0. The molecule has 1 aliphatic carbocycles. The average molecular weight is 267 g/mol. The van der Waals surface area contributed by atoms with E-state index in [2.05, 4.69) is 0 Å². The van der Waals surface area contributed by atoms with Crippen molar-refractivity contribution >= 4 is 11.9 Å². The Morgan fingerprint density at radius 1 is 0.947 bits per heavy atom. The molecule has 0 spiro atoms. The first-order valence-electron chi connectivity index (χ1n) is 7.71. The van der Waals surface area contributed by atoms with Gasteiger partial charge >= 0.3 is 5.97 Å². The minimum absolute atomic E-state index is 0.0685. The third-order valence-electron chi connectivity index (χ3n) is 4.55. The smallest absolute Gasteiger partial charge is 0.326 e. The van der Waals surface area contributed by atoms with Crippen LogP contribution in [0.3, 0.4) is 0 Å². The molecule has 4 nitrogen and oxygen atoms in total. The fraction of sp³-hybridized carbons (Fsp3) is 0.867. The Morgan fingerprint density at radius 2 is 1.58 bits per heavy atom. The van der Waals surface area contributed by atoms with E-state index in [0.29, 0.717) is 25.3 Å². The van der Waals surface area contributed by atoms with Crippen molar-refractivity contribution in [3.63, 3.8) is 0 Å². The van der Waals surface area contributed by atoms with Gasteiger partial charge in [-0.3, -0.25) is 4.79 Å². The first kappa shape index (κ1) is 14.4. The molecule has 0 radical (unpaired) electrons. The Kier molecular flexibility index (Phi) is 5.23. The number of hydrogen-bond donors (Lipinski definition) is 1. The van der Waals surface area contributed by atoms with Crippen molar-refractivity contribution in [1.29, 1.82) is 0 Å². The number of amides is 1. The third kappa shape index (κ3) is 3.95. The molecule has 4 heteroatoms. The monoisotopic (exact) mass is 267 g/mol. The first-order chi connectivity index (χ1) is 9.18. The van der Waals surface area contributed by atoms with Gasteiger partial charge in [-0.15, -0.1) is 0 Å². The molecule has 108 valence electrons. The fourth-order valence-electron chi connectivity index (χ4n) is 3.42. The van der Waals surface area contributed by atoms with Crippen LogP contribution in [0.1, 0.15) is 64.2 Å². The molecule has 0 aromatic carbocycles. The van der Waals surface area contributed by atoms with Gasteiger partial charge in [-0.1, -0.05) is 25.7 Å². The fourth-order valence-corrected chi connectivity index (χ4v) is 3.42. The lowest BCUT2D eigenvalue weighted by atomic mass is 9.94. The van der Waals surface area contributed by atoms with Crippen molar-refractivity contribution in [3.05, 3.63) is 0 Å². The van der Waals surface area contributed by atoms with Gasteiger partial charge in [0.05, 0.1) is 0 Å². The lowest BCUT2D eigenvalue weighted by molar-refractivity contribution is -0.152. The van der Waals surface area contributed by atoms with E-state index in [1.54, 1.807) is 4.90 Å². The number of likely N-dealkylation sites (tertiary alicyclic amines) is 1. The van der Waals surface area contributed by atoms with Crippen molar-refractivity contribution < 1.29 is 14.7 Å². The number of carbonyl (C=O) groups excluding carboxylic acids is 1. The summed E-state index contributed by atoms with van der Waals surface area (Å²) in [4.78, 5) is 25.2. The van der Waals surface area contributed by atoms with E-state index in [4.69, 9.17) is 0 Å². The highest BCUT2D eigenvalue weighted by Crippen LogP contribution is 2.27. The van der Waals surface area contributed by atoms with E-state index in [1.165, 1.54) is 25.7 Å². The lowest BCUT2D eigenvalue weighted by Crippen LogP contribution is -2.48. The number of hydrogen-bond acceptors (Lipinski definition) is 2. The van der Waals surface area contributed by atoms with Crippen molar-refractivity contribution in [2.24, 2.45) is 5.92 Å². The molecule has 1 amide bonds. The number of carboxylic acid groups (broad SMARTS) is 1. The maximum Gasteiger partial charge on any atom is 0.326 e. The quantitative estimate of drug-likeness (QED) is 0.800. The number of rotatable bonds is 3. The Balaban J connectivity index is 1.91. The van der Waals surface area contributed by atoms with Crippen LogP contribution in [0.5, 0.6) is 0 Å². The molecule has 2 aliphatic rings. The summed E-state index contributed by atoms with van der Waals surface area (Å²) in [5.41, 5.74) is 0. The molecule has 2 rings (SSSR count). The van der Waals surface area contributed by atoms with Crippen LogP contribution in [0.4, 0.5) is 0 Å². The van der Waals surface area contributed by atoms with Crippen LogP contribution < -0.4 is 0 Å². The molecule has 19 heavy (non-hydrogen) atoms. The normalized spacial score (nSPS) is 25.9. The van der Waals surface area contributed by atoms with E-state index in [0.717, 1.165) is 25.7 Å². The Bertz CT molecular complexity index is 321. The van der Waals surface area contributed by atoms with Gasteiger partial charge in [-0.2, -0.15) is 0 Å². The molecular weight excluding hydrogens is 242 g/mol. The third-order valence-corrected chi connectivity index (χ3v) is 4.55. The predicted octanol–water partition coefficient (Wildman–Crippen LogP) is 2.81. The lowest BCUT2D eigenvalue weighted by Gasteiger charge is -2.34. The van der Waals surface area contributed by atoms with Crippen LogP contribution in [0, 0.1) is 5.92 Å². The van der Waals surface area contributed by atoms with Gasteiger partial charge in [0.2, 0.25) is 5.91 Å². The highest BCUT2D eigenvalue weighted by atomic mass is 16.4. The summed E-state index contributed by atoms with van der Waals surface area (Å²) in [7, 11) is 0. The van der Waals surface area contributed by atoms with Gasteiger partial charge in [-0.25, -0.2) is 4.79 Å². The second-order valence-corrected chi connectivity index (χ2v) is 6.00. The van der Waals surface area contributed by atoms with Crippen LogP contribution in [0.25, 0.3) is 0 Å². The van der Waals surface area contributed by atoms with Gasteiger partial charge in [-0.05, 0) is 38.0 Å². The maximum atomic E-state index is 12.4. The molecule has 0 unspecified atom stereocenters. The molecule has 1 saturated heterocycles.